The summed E-state index contributed by atoms with van der Waals surface area (Å²) in [6.45, 7) is 4.45. The summed E-state index contributed by atoms with van der Waals surface area (Å²) >= 11 is 6.01. The number of furan rings is 1. The van der Waals surface area contributed by atoms with Gasteiger partial charge in [0.2, 0.25) is 5.95 Å². The third kappa shape index (κ3) is 5.44. The number of anilines is 1. The maximum atomic E-state index is 12.5. The average molecular weight is 449 g/mol. The van der Waals surface area contributed by atoms with Crippen molar-refractivity contribution >= 4 is 23.5 Å². The fourth-order valence-electron chi connectivity index (χ4n) is 3.11. The van der Waals surface area contributed by atoms with Gasteiger partial charge in [-0.25, -0.2) is 9.67 Å². The van der Waals surface area contributed by atoms with Crippen molar-refractivity contribution in [3.05, 3.63) is 107 Å². The molecule has 0 bridgehead atoms. The number of carbonyl (C=O) groups excluding carboxylic acids is 1. The Labute approximate surface area is 190 Å². The van der Waals surface area contributed by atoms with Gasteiger partial charge in [-0.1, -0.05) is 48.0 Å². The Bertz CT molecular complexity index is 1230. The molecule has 8 heteroatoms. The summed E-state index contributed by atoms with van der Waals surface area (Å²) in [7, 11) is 0. The predicted molar refractivity (Wildman–Crippen MR) is 122 cm³/mol. The van der Waals surface area contributed by atoms with Gasteiger partial charge in [0.25, 0.3) is 5.91 Å². The number of nitrogens with one attached hydrogen (secondary N) is 1. The number of amides is 1. The van der Waals surface area contributed by atoms with E-state index in [0.29, 0.717) is 23.7 Å². The molecule has 0 radical (unpaired) electrons. The van der Waals surface area contributed by atoms with Crippen LogP contribution in [0.15, 0.2) is 84.1 Å². The van der Waals surface area contributed by atoms with Gasteiger partial charge in [-0.3, -0.25) is 10.1 Å². The largest absolute Gasteiger partial charge is 0.485 e. The minimum absolute atomic E-state index is 0.147. The molecule has 0 unspecified atom stereocenters. The first-order chi connectivity index (χ1) is 15.6. The summed E-state index contributed by atoms with van der Waals surface area (Å²) in [4.78, 5) is 16.6. The van der Waals surface area contributed by atoms with Gasteiger partial charge in [0, 0.05) is 5.02 Å². The minimum Gasteiger partial charge on any atom is -0.485 e. The Balaban J connectivity index is 1.34. The van der Waals surface area contributed by atoms with Gasteiger partial charge in [-0.05, 0) is 47.9 Å². The van der Waals surface area contributed by atoms with E-state index in [2.05, 4.69) is 22.0 Å². The van der Waals surface area contributed by atoms with Crippen LogP contribution in [0.2, 0.25) is 5.02 Å². The van der Waals surface area contributed by atoms with Crippen LogP contribution in [-0.2, 0) is 19.6 Å². The number of hydrogen-bond acceptors (Lipinski definition) is 5. The molecule has 32 heavy (non-hydrogen) atoms. The first kappa shape index (κ1) is 21.4. The molecular formula is C24H21ClN4O3. The van der Waals surface area contributed by atoms with Crippen LogP contribution >= 0.6 is 11.6 Å². The lowest BCUT2D eigenvalue weighted by Gasteiger charge is -2.08. The summed E-state index contributed by atoms with van der Waals surface area (Å²) in [6.07, 6.45) is 4.07. The average Bonchev–Trinajstić information content (AvgIpc) is 3.43. The highest BCUT2D eigenvalue weighted by Gasteiger charge is 2.14. The van der Waals surface area contributed by atoms with Gasteiger partial charge < -0.3 is 9.15 Å². The highest BCUT2D eigenvalue weighted by atomic mass is 35.5. The Morgan fingerprint density at radius 2 is 2.06 bits per heavy atom. The molecule has 1 N–H and O–H groups in total. The first-order valence-corrected chi connectivity index (χ1v) is 10.3. The molecular weight excluding hydrogens is 428 g/mol. The number of carbonyl (C=O) groups is 1. The normalized spacial score (nSPS) is 10.7. The van der Waals surface area contributed by atoms with Crippen molar-refractivity contribution < 1.29 is 13.9 Å². The second-order valence-corrected chi connectivity index (χ2v) is 7.44. The number of benzene rings is 2. The fourth-order valence-corrected chi connectivity index (χ4v) is 3.32. The lowest BCUT2D eigenvalue weighted by molar-refractivity contribution is 0.0991. The van der Waals surface area contributed by atoms with E-state index >= 15 is 0 Å². The lowest BCUT2D eigenvalue weighted by atomic mass is 10.1. The van der Waals surface area contributed by atoms with Crippen molar-refractivity contribution in [3.63, 3.8) is 0 Å². The molecule has 0 fully saturated rings. The number of halogens is 1. The monoisotopic (exact) mass is 448 g/mol. The van der Waals surface area contributed by atoms with E-state index in [1.54, 1.807) is 29.2 Å². The van der Waals surface area contributed by atoms with Crippen LogP contribution in [0.1, 0.15) is 27.4 Å². The molecule has 162 valence electrons. The Hall–Kier alpha value is -3.84. The number of hydrogen-bond donors (Lipinski definition) is 1. The smallest absolute Gasteiger partial charge is 0.293 e. The Kier molecular flexibility index (Phi) is 6.67. The first-order valence-electron chi connectivity index (χ1n) is 9.96. The quantitative estimate of drug-likeness (QED) is 0.359. The molecule has 0 aliphatic carbocycles. The molecule has 0 aliphatic heterocycles. The van der Waals surface area contributed by atoms with Crippen LogP contribution < -0.4 is 10.1 Å². The van der Waals surface area contributed by atoms with E-state index in [9.17, 15) is 4.79 Å². The predicted octanol–water partition coefficient (Wildman–Crippen LogP) is 5.13. The molecule has 4 rings (SSSR count). The van der Waals surface area contributed by atoms with Crippen molar-refractivity contribution in [2.24, 2.45) is 0 Å². The summed E-state index contributed by atoms with van der Waals surface area (Å²) in [5, 5.41) is 7.55. The van der Waals surface area contributed by atoms with Gasteiger partial charge in [0.15, 0.2) is 5.76 Å². The number of para-hydroxylation sites is 1. The van der Waals surface area contributed by atoms with Crippen LogP contribution in [-0.4, -0.2) is 20.7 Å². The van der Waals surface area contributed by atoms with Gasteiger partial charge in [0.1, 0.15) is 24.4 Å². The molecule has 1 amide bonds. The Morgan fingerprint density at radius 3 is 2.91 bits per heavy atom. The molecule has 4 aromatic rings. The van der Waals surface area contributed by atoms with Crippen LogP contribution in [0.25, 0.3) is 0 Å². The number of allylic oxidation sites excluding steroid dienone is 1. The molecule has 0 spiro atoms. The summed E-state index contributed by atoms with van der Waals surface area (Å²) in [6, 6.07) is 18.5. The fraction of sp³-hybridized carbons (Fsp3) is 0.125. The zero-order valence-corrected chi connectivity index (χ0v) is 18.0. The molecule has 2 aromatic heterocycles. The van der Waals surface area contributed by atoms with E-state index in [1.807, 2.05) is 48.5 Å². The number of rotatable bonds is 9. The summed E-state index contributed by atoms with van der Waals surface area (Å²) in [5.41, 5.74) is 2.01. The molecule has 0 atom stereocenters. The lowest BCUT2D eigenvalue weighted by Crippen LogP contribution is -2.12. The highest BCUT2D eigenvalue weighted by molar-refractivity contribution is 6.30. The zero-order valence-electron chi connectivity index (χ0n) is 17.2. The van der Waals surface area contributed by atoms with E-state index in [-0.39, 0.29) is 18.3 Å². The van der Waals surface area contributed by atoms with E-state index in [0.717, 1.165) is 16.9 Å². The van der Waals surface area contributed by atoms with Gasteiger partial charge in [-0.15, -0.1) is 11.7 Å². The van der Waals surface area contributed by atoms with Gasteiger partial charge in [0.05, 0.1) is 6.54 Å². The minimum atomic E-state index is -0.441. The third-order valence-electron chi connectivity index (χ3n) is 4.59. The maximum absolute atomic E-state index is 12.5. The van der Waals surface area contributed by atoms with Crippen LogP contribution in [0.5, 0.6) is 5.75 Å². The standard InChI is InChI=1S/C24H21ClN4O3/c1-2-6-18-8-3-4-10-21(18)31-15-20-11-12-22(32-20)23(30)27-24-26-16-29(28-24)14-17-7-5-9-19(25)13-17/h2-5,7-13,16H,1,6,14-15H2,(H,27,28,30). The highest BCUT2D eigenvalue weighted by Crippen LogP contribution is 2.21. The SMILES string of the molecule is C=CCc1ccccc1OCc1ccc(C(=O)Nc2ncn(Cc3cccc(Cl)c3)n2)o1. The van der Waals surface area contributed by atoms with Crippen molar-refractivity contribution in [2.45, 2.75) is 19.6 Å². The molecule has 0 saturated carbocycles. The molecule has 0 aliphatic rings. The maximum Gasteiger partial charge on any atom is 0.293 e. The van der Waals surface area contributed by atoms with Gasteiger partial charge >= 0.3 is 0 Å². The number of ether oxygens (including phenoxy) is 1. The second kappa shape index (κ2) is 9.98. The van der Waals surface area contributed by atoms with Crippen molar-refractivity contribution in [1.82, 2.24) is 14.8 Å². The number of nitrogens with zero attached hydrogens (tertiary/aromatic N) is 3. The van der Waals surface area contributed by atoms with E-state index in [4.69, 9.17) is 20.8 Å². The van der Waals surface area contributed by atoms with Crippen LogP contribution in [0, 0.1) is 0 Å². The molecule has 2 heterocycles. The third-order valence-corrected chi connectivity index (χ3v) is 4.82. The van der Waals surface area contributed by atoms with E-state index < -0.39 is 5.91 Å². The van der Waals surface area contributed by atoms with Crippen molar-refractivity contribution in [3.8, 4) is 5.75 Å². The second-order valence-electron chi connectivity index (χ2n) is 7.00. The topological polar surface area (TPSA) is 82.2 Å². The Morgan fingerprint density at radius 1 is 1.19 bits per heavy atom. The molecule has 7 nitrogen and oxygen atoms in total. The zero-order chi connectivity index (χ0) is 22.3. The van der Waals surface area contributed by atoms with E-state index in [1.165, 1.54) is 0 Å². The van der Waals surface area contributed by atoms with Crippen molar-refractivity contribution in [2.75, 3.05) is 5.32 Å². The van der Waals surface area contributed by atoms with Crippen molar-refractivity contribution in [1.29, 1.82) is 0 Å². The molecule has 0 saturated heterocycles. The van der Waals surface area contributed by atoms with Crippen LogP contribution in [0.3, 0.4) is 0 Å². The van der Waals surface area contributed by atoms with Crippen LogP contribution in [0.4, 0.5) is 5.95 Å². The summed E-state index contributed by atoms with van der Waals surface area (Å²) < 4.78 is 13.1. The molecule has 2 aromatic carbocycles. The van der Waals surface area contributed by atoms with Gasteiger partial charge in [-0.2, -0.15) is 0 Å². The number of aromatic nitrogens is 3. The summed E-state index contributed by atoms with van der Waals surface area (Å²) in [5.74, 6) is 1.18.